The lowest BCUT2D eigenvalue weighted by Crippen LogP contribution is -2.43. The van der Waals surface area contributed by atoms with Gasteiger partial charge in [-0.15, -0.1) is 24.0 Å². The van der Waals surface area contributed by atoms with E-state index in [0.29, 0.717) is 13.1 Å². The van der Waals surface area contributed by atoms with E-state index in [-0.39, 0.29) is 29.7 Å². The molecule has 0 aliphatic carbocycles. The summed E-state index contributed by atoms with van der Waals surface area (Å²) >= 11 is 0. The van der Waals surface area contributed by atoms with Crippen molar-refractivity contribution in [3.63, 3.8) is 0 Å². The van der Waals surface area contributed by atoms with Crippen molar-refractivity contribution in [1.29, 1.82) is 0 Å². The minimum atomic E-state index is -3.09. The van der Waals surface area contributed by atoms with Crippen LogP contribution in [-0.2, 0) is 10.0 Å². The second-order valence-corrected chi connectivity index (χ2v) is 6.06. The summed E-state index contributed by atoms with van der Waals surface area (Å²) in [7, 11) is -1.34. The van der Waals surface area contributed by atoms with Crippen LogP contribution in [0.1, 0.15) is 19.8 Å². The molecule has 0 aromatic carbocycles. The standard InChI is InChI=1S/C10H22N4O2S.HI/c1-3-17(15,16)13-7-6-12-10(11-2)14-8-4-5-9-14;/h13H,3-9H2,1-2H3,(H,11,12);1H. The Kier molecular flexibility index (Phi) is 8.87. The maximum absolute atomic E-state index is 11.2. The second kappa shape index (κ2) is 8.92. The molecule has 18 heavy (non-hydrogen) atoms. The first kappa shape index (κ1) is 17.9. The Bertz CT molecular complexity index is 353. The first-order valence-corrected chi connectivity index (χ1v) is 7.67. The minimum absolute atomic E-state index is 0. The average Bonchev–Trinajstić information content (AvgIpc) is 2.83. The van der Waals surface area contributed by atoms with Gasteiger partial charge in [0.2, 0.25) is 10.0 Å². The van der Waals surface area contributed by atoms with Gasteiger partial charge in [-0.3, -0.25) is 4.99 Å². The number of aliphatic imine (C=N–C) groups is 1. The molecule has 0 unspecified atom stereocenters. The average molecular weight is 390 g/mol. The Hall–Kier alpha value is -0.0900. The van der Waals surface area contributed by atoms with E-state index in [1.54, 1.807) is 14.0 Å². The van der Waals surface area contributed by atoms with Gasteiger partial charge in [-0.25, -0.2) is 13.1 Å². The number of guanidine groups is 1. The monoisotopic (exact) mass is 390 g/mol. The molecule has 8 heteroatoms. The van der Waals surface area contributed by atoms with Gasteiger partial charge in [0.25, 0.3) is 0 Å². The molecule has 0 aromatic heterocycles. The lowest BCUT2D eigenvalue weighted by molar-refractivity contribution is 0.493. The third-order valence-corrected chi connectivity index (χ3v) is 4.13. The minimum Gasteiger partial charge on any atom is -0.355 e. The Labute approximate surface area is 127 Å². The fraction of sp³-hybridized carbons (Fsp3) is 0.900. The van der Waals surface area contributed by atoms with Crippen molar-refractivity contribution >= 4 is 40.0 Å². The van der Waals surface area contributed by atoms with Gasteiger partial charge in [0.1, 0.15) is 0 Å². The van der Waals surface area contributed by atoms with E-state index >= 15 is 0 Å². The van der Waals surface area contributed by atoms with Gasteiger partial charge in [-0.2, -0.15) is 0 Å². The smallest absolute Gasteiger partial charge is 0.211 e. The molecule has 0 atom stereocenters. The predicted octanol–water partition coefficient (Wildman–Crippen LogP) is 0.215. The third kappa shape index (κ3) is 6.19. The first-order chi connectivity index (χ1) is 8.09. The molecule has 1 aliphatic heterocycles. The fourth-order valence-corrected chi connectivity index (χ4v) is 2.36. The normalized spacial score (nSPS) is 16.6. The molecule has 0 saturated carbocycles. The molecule has 0 bridgehead atoms. The lowest BCUT2D eigenvalue weighted by atomic mass is 10.4. The number of rotatable bonds is 5. The highest BCUT2D eigenvalue weighted by atomic mass is 127. The molecule has 1 fully saturated rings. The van der Waals surface area contributed by atoms with E-state index in [9.17, 15) is 8.42 Å². The predicted molar refractivity (Wildman–Crippen MR) is 85.0 cm³/mol. The van der Waals surface area contributed by atoms with E-state index in [0.717, 1.165) is 19.0 Å². The molecular weight excluding hydrogens is 367 g/mol. The van der Waals surface area contributed by atoms with Gasteiger partial charge in [0, 0.05) is 33.2 Å². The summed E-state index contributed by atoms with van der Waals surface area (Å²) in [6.07, 6.45) is 2.40. The molecule has 1 aliphatic rings. The first-order valence-electron chi connectivity index (χ1n) is 6.02. The fourth-order valence-electron chi connectivity index (χ4n) is 1.74. The zero-order chi connectivity index (χ0) is 12.7. The maximum Gasteiger partial charge on any atom is 0.211 e. The van der Waals surface area contributed by atoms with Crippen molar-refractivity contribution in [3.8, 4) is 0 Å². The van der Waals surface area contributed by atoms with E-state index < -0.39 is 10.0 Å². The van der Waals surface area contributed by atoms with Crippen LogP contribution in [0.15, 0.2) is 4.99 Å². The number of likely N-dealkylation sites (tertiary alicyclic amines) is 1. The van der Waals surface area contributed by atoms with Gasteiger partial charge in [-0.05, 0) is 19.8 Å². The molecule has 108 valence electrons. The largest absolute Gasteiger partial charge is 0.355 e. The summed E-state index contributed by atoms with van der Waals surface area (Å²) in [6.45, 7) is 4.63. The van der Waals surface area contributed by atoms with Crippen LogP contribution in [-0.4, -0.2) is 58.3 Å². The Balaban J connectivity index is 0.00000289. The molecule has 1 heterocycles. The number of halogens is 1. The number of nitrogens with zero attached hydrogens (tertiary/aromatic N) is 2. The zero-order valence-corrected chi connectivity index (χ0v) is 14.1. The van der Waals surface area contributed by atoms with Crippen LogP contribution in [0.2, 0.25) is 0 Å². The van der Waals surface area contributed by atoms with E-state index in [4.69, 9.17) is 0 Å². The van der Waals surface area contributed by atoms with Crippen LogP contribution in [0.4, 0.5) is 0 Å². The van der Waals surface area contributed by atoms with Crippen LogP contribution < -0.4 is 10.0 Å². The summed E-state index contributed by atoms with van der Waals surface area (Å²) in [4.78, 5) is 6.37. The summed E-state index contributed by atoms with van der Waals surface area (Å²) in [5.74, 6) is 0.978. The number of sulfonamides is 1. The Morgan fingerprint density at radius 1 is 1.28 bits per heavy atom. The summed E-state index contributed by atoms with van der Waals surface area (Å²) in [5, 5.41) is 3.16. The van der Waals surface area contributed by atoms with Crippen molar-refractivity contribution in [3.05, 3.63) is 0 Å². The molecule has 6 nitrogen and oxygen atoms in total. The number of hydrogen-bond donors (Lipinski definition) is 2. The molecule has 0 aromatic rings. The van der Waals surface area contributed by atoms with Gasteiger partial charge in [0.05, 0.1) is 5.75 Å². The van der Waals surface area contributed by atoms with Crippen molar-refractivity contribution in [2.75, 3.05) is 39.0 Å². The molecule has 0 spiro atoms. The highest BCUT2D eigenvalue weighted by Crippen LogP contribution is 2.06. The lowest BCUT2D eigenvalue weighted by Gasteiger charge is -2.20. The second-order valence-electron chi connectivity index (χ2n) is 3.97. The van der Waals surface area contributed by atoms with Crippen LogP contribution in [0, 0.1) is 0 Å². The van der Waals surface area contributed by atoms with Crippen LogP contribution in [0.25, 0.3) is 0 Å². The van der Waals surface area contributed by atoms with Gasteiger partial charge in [0.15, 0.2) is 5.96 Å². The Morgan fingerprint density at radius 3 is 2.39 bits per heavy atom. The summed E-state index contributed by atoms with van der Waals surface area (Å²) < 4.78 is 24.9. The van der Waals surface area contributed by atoms with Gasteiger partial charge in [-0.1, -0.05) is 0 Å². The SMILES string of the molecule is CCS(=O)(=O)NCCNC(=NC)N1CCCC1.I. The van der Waals surface area contributed by atoms with E-state index in [2.05, 4.69) is 19.9 Å². The molecular formula is C10H23IN4O2S. The van der Waals surface area contributed by atoms with Crippen molar-refractivity contribution in [1.82, 2.24) is 14.9 Å². The van der Waals surface area contributed by atoms with E-state index in [1.165, 1.54) is 12.8 Å². The molecule has 0 amide bonds. The van der Waals surface area contributed by atoms with Gasteiger partial charge < -0.3 is 10.2 Å². The maximum atomic E-state index is 11.2. The highest BCUT2D eigenvalue weighted by Gasteiger charge is 2.15. The molecule has 2 N–H and O–H groups in total. The van der Waals surface area contributed by atoms with Crippen LogP contribution in [0.5, 0.6) is 0 Å². The summed E-state index contributed by atoms with van der Waals surface area (Å²) in [5.41, 5.74) is 0. The summed E-state index contributed by atoms with van der Waals surface area (Å²) in [6, 6.07) is 0. The third-order valence-electron chi connectivity index (χ3n) is 2.73. The number of nitrogens with one attached hydrogen (secondary N) is 2. The topological polar surface area (TPSA) is 73.8 Å². The highest BCUT2D eigenvalue weighted by molar-refractivity contribution is 14.0. The van der Waals surface area contributed by atoms with Crippen molar-refractivity contribution in [2.45, 2.75) is 19.8 Å². The van der Waals surface area contributed by atoms with Crippen molar-refractivity contribution < 1.29 is 8.42 Å². The van der Waals surface area contributed by atoms with E-state index in [1.807, 2.05) is 0 Å². The van der Waals surface area contributed by atoms with Gasteiger partial charge >= 0.3 is 0 Å². The molecule has 0 radical (unpaired) electrons. The molecule has 1 rings (SSSR count). The quantitative estimate of drug-likeness (QED) is 0.305. The van der Waals surface area contributed by atoms with Crippen molar-refractivity contribution in [2.24, 2.45) is 4.99 Å². The zero-order valence-electron chi connectivity index (χ0n) is 11.0. The number of hydrogen-bond acceptors (Lipinski definition) is 3. The molecule has 1 saturated heterocycles. The Morgan fingerprint density at radius 2 is 1.89 bits per heavy atom. The van der Waals surface area contributed by atoms with Crippen LogP contribution in [0.3, 0.4) is 0 Å². The van der Waals surface area contributed by atoms with Crippen LogP contribution >= 0.6 is 24.0 Å².